The third-order valence-corrected chi connectivity index (χ3v) is 13.4. The molecule has 0 aromatic heterocycles. The molecular weight excluding hydrogens is 1120 g/mol. The van der Waals surface area contributed by atoms with Crippen LogP contribution < -0.4 is 65.1 Å². The molecule has 11 amide bonds. The highest BCUT2D eigenvalue weighted by atomic mass is 16.4. The largest absolute Gasteiger partial charge is 0.508 e. The molecule has 0 bridgehead atoms. The molecule has 2 aromatic carbocycles. The molecule has 85 heavy (non-hydrogen) atoms. The van der Waals surface area contributed by atoms with E-state index in [2.05, 4.69) is 52.8 Å². The number of hydrogen-bond donors (Lipinski definition) is 16. The third-order valence-electron chi connectivity index (χ3n) is 13.4. The number of phenols is 1. The summed E-state index contributed by atoms with van der Waals surface area (Å²) in [5, 5.41) is 60.3. The van der Waals surface area contributed by atoms with E-state index < -0.39 is 188 Å². The van der Waals surface area contributed by atoms with E-state index in [1.54, 1.807) is 30.3 Å². The Morgan fingerprint density at radius 3 is 1.47 bits per heavy atom. The highest BCUT2D eigenvalue weighted by Gasteiger charge is 2.41. The van der Waals surface area contributed by atoms with Crippen LogP contribution in [0, 0.1) is 0 Å². The first-order valence-electron chi connectivity index (χ1n) is 27.0. The van der Waals surface area contributed by atoms with E-state index in [0.29, 0.717) is 5.56 Å². The molecule has 0 radical (unpaired) electrons. The molecule has 2 saturated heterocycles. The van der Waals surface area contributed by atoms with Crippen molar-refractivity contribution in [2.75, 3.05) is 13.1 Å². The van der Waals surface area contributed by atoms with Crippen molar-refractivity contribution < 1.29 is 87.5 Å². The normalized spacial score (nSPS) is 24.7. The first kappa shape index (κ1) is 67.6. The Balaban J connectivity index is 1.84. The minimum absolute atomic E-state index is 0.0254. The molecule has 0 aliphatic carbocycles. The molecule has 462 valence electrons. The molecule has 0 unspecified atom stereocenters. The van der Waals surface area contributed by atoms with Crippen LogP contribution in [0.4, 0.5) is 0 Å². The maximum Gasteiger partial charge on any atom is 0.305 e. The van der Waals surface area contributed by atoms with Crippen molar-refractivity contribution in [1.29, 1.82) is 0 Å². The van der Waals surface area contributed by atoms with E-state index in [1.807, 2.05) is 0 Å². The second-order valence-electron chi connectivity index (χ2n) is 20.2. The van der Waals surface area contributed by atoms with Gasteiger partial charge in [0.1, 0.15) is 66.2 Å². The number of guanidine groups is 1. The number of aromatic hydroxyl groups is 1. The second kappa shape index (κ2) is 32.7. The van der Waals surface area contributed by atoms with Gasteiger partial charge in [-0.15, -0.1) is 0 Å². The van der Waals surface area contributed by atoms with Crippen molar-refractivity contribution >= 4 is 88.8 Å². The molecule has 4 rings (SSSR count). The van der Waals surface area contributed by atoms with Crippen molar-refractivity contribution in [3.05, 3.63) is 65.7 Å². The van der Waals surface area contributed by atoms with Crippen molar-refractivity contribution in [2.24, 2.45) is 22.2 Å². The highest BCUT2D eigenvalue weighted by Crippen LogP contribution is 2.21. The van der Waals surface area contributed by atoms with Gasteiger partial charge in [0.15, 0.2) is 5.96 Å². The van der Waals surface area contributed by atoms with Gasteiger partial charge in [-0.05, 0) is 75.6 Å². The standard InChI is InChI=1S/C53H72N14O18/c1-26-43(76)58-27(2)44(77)60-31(10-6-20-57-53(55)56)46(79)66-37(23-28-8-4-3-5-9-28)52(85)67-21-7-11-38(67)51(84)62-33(17-19-41(72)73)47(80)65-36(25-42(74)75)50(83)64-35(24-39(54)69)49(82)63-34(22-29-12-14-30(68)15-13-29)48(81)61-32(45(78)59-26)16-18-40(70)71/h3-5,8-9,12-15,26-27,31-38,68H,6-7,10-11,16-25H2,1-2H3,(H2,54,69)(H,58,76)(H,59,78)(H,60,77)(H,61,81)(H,62,84)(H,63,82)(H,64,83)(H,65,80)(H,66,79)(H,70,71)(H,72,73)(H,74,75)(H4,55,56,57)/t26-,27-,31-,32-,33-,34-,35-,36-,37+,38-/m0/s1. The van der Waals surface area contributed by atoms with Gasteiger partial charge in [-0.3, -0.25) is 72.1 Å². The number of nitrogens with one attached hydrogen (secondary N) is 9. The van der Waals surface area contributed by atoms with Gasteiger partial charge in [0.2, 0.25) is 65.0 Å². The van der Waals surface area contributed by atoms with Gasteiger partial charge in [-0.1, -0.05) is 42.5 Å². The van der Waals surface area contributed by atoms with Gasteiger partial charge < -0.3 is 90.4 Å². The zero-order valence-electron chi connectivity index (χ0n) is 46.5. The summed E-state index contributed by atoms with van der Waals surface area (Å²) in [5.74, 6) is -17.5. The molecule has 0 saturated carbocycles. The first-order chi connectivity index (χ1) is 40.1. The van der Waals surface area contributed by atoms with Gasteiger partial charge in [-0.2, -0.15) is 0 Å². The van der Waals surface area contributed by atoms with Gasteiger partial charge in [0, 0.05) is 38.8 Å². The summed E-state index contributed by atoms with van der Waals surface area (Å²) in [7, 11) is 0. The average Bonchev–Trinajstić information content (AvgIpc) is 4.12. The second-order valence-corrected chi connectivity index (χ2v) is 20.2. The Hall–Kier alpha value is -9.91. The average molecular weight is 1190 g/mol. The van der Waals surface area contributed by atoms with Gasteiger partial charge >= 0.3 is 17.9 Å². The minimum Gasteiger partial charge on any atom is -0.508 e. The van der Waals surface area contributed by atoms with Crippen molar-refractivity contribution in [1.82, 2.24) is 52.8 Å². The maximum absolute atomic E-state index is 14.7. The summed E-state index contributed by atoms with van der Waals surface area (Å²) in [4.78, 5) is 195. The lowest BCUT2D eigenvalue weighted by molar-refractivity contribution is -0.143. The van der Waals surface area contributed by atoms with Crippen LogP contribution >= 0.6 is 0 Å². The molecule has 2 heterocycles. The number of aliphatic carboxylic acids is 3. The van der Waals surface area contributed by atoms with E-state index in [-0.39, 0.29) is 62.5 Å². The monoisotopic (exact) mass is 1190 g/mol. The number of benzene rings is 2. The van der Waals surface area contributed by atoms with E-state index in [1.165, 1.54) is 38.1 Å². The van der Waals surface area contributed by atoms with Crippen LogP contribution in [-0.4, -0.2) is 188 Å². The van der Waals surface area contributed by atoms with Crippen LogP contribution in [0.25, 0.3) is 0 Å². The van der Waals surface area contributed by atoms with Crippen LogP contribution in [-0.2, 0) is 80.0 Å². The first-order valence-corrected chi connectivity index (χ1v) is 27.0. The Labute approximate surface area is 486 Å². The van der Waals surface area contributed by atoms with Crippen LogP contribution in [0.2, 0.25) is 0 Å². The minimum atomic E-state index is -2.15. The topological polar surface area (TPSA) is 522 Å². The smallest absolute Gasteiger partial charge is 0.305 e. The van der Waals surface area contributed by atoms with E-state index in [9.17, 15) is 87.5 Å². The summed E-state index contributed by atoms with van der Waals surface area (Å²) in [6.45, 7) is 2.31. The number of amides is 11. The molecule has 10 atom stereocenters. The van der Waals surface area contributed by atoms with Crippen molar-refractivity contribution in [3.63, 3.8) is 0 Å². The summed E-state index contributed by atoms with van der Waals surface area (Å²) >= 11 is 0. The lowest BCUT2D eigenvalue weighted by Gasteiger charge is -2.31. The highest BCUT2D eigenvalue weighted by molar-refractivity contribution is 6.01. The third kappa shape index (κ3) is 22.4. The maximum atomic E-state index is 14.7. The number of nitrogens with two attached hydrogens (primary N) is 3. The Bertz CT molecular complexity index is 2830. The number of aliphatic imine (C=N–C) groups is 1. The molecule has 19 N–H and O–H groups in total. The zero-order valence-corrected chi connectivity index (χ0v) is 46.5. The molecule has 32 nitrogen and oxygen atoms in total. The quantitative estimate of drug-likeness (QED) is 0.0377. The number of hydrogen-bond acceptors (Lipinski definition) is 16. The summed E-state index contributed by atoms with van der Waals surface area (Å²) in [6.07, 6.45) is -5.66. The summed E-state index contributed by atoms with van der Waals surface area (Å²) < 4.78 is 0. The Morgan fingerprint density at radius 1 is 0.506 bits per heavy atom. The fourth-order valence-electron chi connectivity index (χ4n) is 8.98. The summed E-state index contributed by atoms with van der Waals surface area (Å²) in [5.41, 5.74) is 17.2. The molecule has 2 aliphatic heterocycles. The number of carboxylic acids is 3. The number of nitrogens with zero attached hydrogens (tertiary/aromatic N) is 2. The molecule has 0 spiro atoms. The zero-order chi connectivity index (χ0) is 63.1. The van der Waals surface area contributed by atoms with E-state index >= 15 is 0 Å². The Morgan fingerprint density at radius 2 is 0.929 bits per heavy atom. The van der Waals surface area contributed by atoms with Crippen LogP contribution in [0.15, 0.2) is 59.6 Å². The number of phenolic OH excluding ortho intramolecular Hbond substituents is 1. The number of carbonyl (C=O) groups is 14. The van der Waals surface area contributed by atoms with Gasteiger partial charge in [0.05, 0.1) is 12.8 Å². The number of fused-ring (bicyclic) bond motifs is 1. The number of rotatable bonds is 18. The molecule has 2 aromatic rings. The predicted octanol–water partition coefficient (Wildman–Crippen LogP) is -5.28. The van der Waals surface area contributed by atoms with Crippen molar-refractivity contribution in [3.8, 4) is 5.75 Å². The Kier molecular flexibility index (Phi) is 26.0. The SMILES string of the molecule is C[C@@H]1NC(=O)[C@H](C)NC(=O)[C@H](CCC(=O)O)NC(=O)[C@H](Cc2ccc(O)cc2)NC(=O)[C@H](CC(N)=O)NC(=O)[C@H](CC(=O)O)NC(=O)[C@H](CCC(=O)O)NC(=O)[C@@H]2CCCN2C(=O)[C@@H](Cc2ccccc2)NC(=O)[C@H](CCCN=C(N)N)NC1=O. The molecule has 2 aliphatic rings. The number of carboxylic acid groups (broad SMARTS) is 3. The fourth-order valence-corrected chi connectivity index (χ4v) is 8.98. The fraction of sp³-hybridized carbons (Fsp3) is 0.491. The van der Waals surface area contributed by atoms with E-state index in [4.69, 9.17) is 17.2 Å². The summed E-state index contributed by atoms with van der Waals surface area (Å²) in [6, 6.07) is -3.51. The van der Waals surface area contributed by atoms with Gasteiger partial charge in [-0.25, -0.2) is 0 Å². The van der Waals surface area contributed by atoms with Crippen LogP contribution in [0.3, 0.4) is 0 Å². The van der Waals surface area contributed by atoms with Crippen LogP contribution in [0.1, 0.15) is 89.2 Å². The lowest BCUT2D eigenvalue weighted by atomic mass is 10.0. The predicted molar refractivity (Wildman–Crippen MR) is 295 cm³/mol. The van der Waals surface area contributed by atoms with Crippen LogP contribution in [0.5, 0.6) is 5.75 Å². The van der Waals surface area contributed by atoms with E-state index in [0.717, 1.165) is 4.90 Å². The lowest BCUT2D eigenvalue weighted by Crippen LogP contribution is -2.61. The van der Waals surface area contributed by atoms with Gasteiger partial charge in [0.25, 0.3) is 0 Å². The molecule has 32 heteroatoms. The number of carbonyl (C=O) groups excluding carboxylic acids is 11. The number of primary amides is 1. The molecular formula is C53H72N14O18. The van der Waals surface area contributed by atoms with Crippen molar-refractivity contribution in [2.45, 2.75) is 151 Å². The molecule has 2 fully saturated rings.